The number of rotatable bonds is 8. The van der Waals surface area contributed by atoms with Crippen LogP contribution < -0.4 is 25.4 Å². The van der Waals surface area contributed by atoms with Gasteiger partial charge in [0.1, 0.15) is 18.0 Å². The van der Waals surface area contributed by atoms with Crippen LogP contribution in [0.15, 0.2) is 36.7 Å². The van der Waals surface area contributed by atoms with Crippen LogP contribution in [0.1, 0.15) is 16.3 Å². The highest BCUT2D eigenvalue weighted by Gasteiger charge is 2.19. The fourth-order valence-electron chi connectivity index (χ4n) is 3.31. The minimum Gasteiger partial charge on any atom is -0.494 e. The quantitative estimate of drug-likeness (QED) is 0.343. The Hall–Kier alpha value is -4.81. The Bertz CT molecular complexity index is 1370. The Morgan fingerprint density at radius 1 is 1.00 bits per heavy atom. The third-order valence-electron chi connectivity index (χ3n) is 4.84. The molecule has 0 spiro atoms. The highest BCUT2D eigenvalue weighted by atomic mass is 16.5. The molecule has 0 bridgehead atoms. The van der Waals surface area contributed by atoms with Gasteiger partial charge < -0.3 is 25.4 Å². The van der Waals surface area contributed by atoms with Crippen molar-refractivity contribution in [3.63, 3.8) is 0 Å². The van der Waals surface area contributed by atoms with Crippen molar-refractivity contribution in [2.45, 2.75) is 6.92 Å². The summed E-state index contributed by atoms with van der Waals surface area (Å²) in [5.41, 5.74) is 1.76. The molecule has 0 radical (unpaired) electrons. The van der Waals surface area contributed by atoms with Gasteiger partial charge in [0, 0.05) is 26.2 Å². The van der Waals surface area contributed by atoms with Gasteiger partial charge in [0.15, 0.2) is 23.1 Å². The first-order valence-electron chi connectivity index (χ1n) is 10.5. The SMILES string of the molecule is CNC(=O)c1nnc(Nc2cc(OC)nc(C)n2)cc1Nc1cccc(-c2ncn(C)n2)c1OC. The van der Waals surface area contributed by atoms with Crippen molar-refractivity contribution >= 4 is 28.9 Å². The molecule has 0 atom stereocenters. The number of nitrogens with zero attached hydrogens (tertiary/aromatic N) is 7. The van der Waals surface area contributed by atoms with Gasteiger partial charge in [-0.25, -0.2) is 9.97 Å². The summed E-state index contributed by atoms with van der Waals surface area (Å²) in [5, 5.41) is 21.5. The second-order valence-corrected chi connectivity index (χ2v) is 7.29. The van der Waals surface area contributed by atoms with Crippen molar-refractivity contribution < 1.29 is 14.3 Å². The largest absolute Gasteiger partial charge is 0.494 e. The standard InChI is InChI=1S/C22H24N10O3/c1-12-25-16(10-18(26-12)34-4)28-17-9-15(19(30-29-17)22(33)23-2)27-14-8-6-7-13(20(14)35-5)21-24-11-32(3)31-21/h6-11H,1-5H3,(H,23,33)(H2,25,26,27,28,29). The molecule has 13 nitrogen and oxygen atoms in total. The molecule has 35 heavy (non-hydrogen) atoms. The predicted octanol–water partition coefficient (Wildman–Crippen LogP) is 2.23. The van der Waals surface area contributed by atoms with Gasteiger partial charge in [0.25, 0.3) is 5.91 Å². The van der Waals surface area contributed by atoms with E-state index in [1.54, 1.807) is 44.2 Å². The number of aromatic nitrogens is 7. The van der Waals surface area contributed by atoms with Gasteiger partial charge in [-0.15, -0.1) is 10.2 Å². The van der Waals surface area contributed by atoms with Gasteiger partial charge in [0.05, 0.1) is 31.2 Å². The lowest BCUT2D eigenvalue weighted by Gasteiger charge is -2.16. The lowest BCUT2D eigenvalue weighted by molar-refractivity contribution is 0.0958. The Kier molecular flexibility index (Phi) is 6.66. The number of hydrogen-bond donors (Lipinski definition) is 3. The minimum atomic E-state index is -0.410. The van der Waals surface area contributed by atoms with Gasteiger partial charge in [0.2, 0.25) is 5.88 Å². The molecule has 3 N–H and O–H groups in total. The second-order valence-electron chi connectivity index (χ2n) is 7.29. The average Bonchev–Trinajstić information content (AvgIpc) is 3.29. The molecule has 4 aromatic rings. The van der Waals surface area contributed by atoms with Gasteiger partial charge in [-0.1, -0.05) is 6.07 Å². The third-order valence-corrected chi connectivity index (χ3v) is 4.84. The molecule has 4 rings (SSSR count). The van der Waals surface area contributed by atoms with Gasteiger partial charge >= 0.3 is 0 Å². The number of anilines is 4. The summed E-state index contributed by atoms with van der Waals surface area (Å²) in [7, 11) is 6.37. The van der Waals surface area contributed by atoms with Crippen molar-refractivity contribution in [1.29, 1.82) is 0 Å². The number of ether oxygens (including phenoxy) is 2. The van der Waals surface area contributed by atoms with E-state index < -0.39 is 5.91 Å². The summed E-state index contributed by atoms with van der Waals surface area (Å²) in [5.74, 6) is 2.33. The zero-order valence-corrected chi connectivity index (χ0v) is 19.8. The van der Waals surface area contributed by atoms with Crippen molar-refractivity contribution in [2.24, 2.45) is 7.05 Å². The van der Waals surface area contributed by atoms with E-state index in [9.17, 15) is 4.79 Å². The normalized spacial score (nSPS) is 10.5. The molecule has 0 unspecified atom stereocenters. The topological polar surface area (TPSA) is 154 Å². The molecule has 0 fully saturated rings. The maximum atomic E-state index is 12.5. The molecule has 3 aromatic heterocycles. The smallest absolute Gasteiger partial charge is 0.273 e. The van der Waals surface area contributed by atoms with E-state index in [2.05, 4.69) is 46.2 Å². The second kappa shape index (κ2) is 9.99. The number of carbonyl (C=O) groups excluding carboxylic acids is 1. The first kappa shape index (κ1) is 23.4. The Labute approximate surface area is 201 Å². The van der Waals surface area contributed by atoms with Crippen LogP contribution in [0.3, 0.4) is 0 Å². The van der Waals surface area contributed by atoms with E-state index in [0.29, 0.717) is 51.9 Å². The van der Waals surface area contributed by atoms with Crippen molar-refractivity contribution in [1.82, 2.24) is 40.2 Å². The highest BCUT2D eigenvalue weighted by molar-refractivity contribution is 5.99. The third kappa shape index (κ3) is 5.08. The summed E-state index contributed by atoms with van der Waals surface area (Å²) in [4.78, 5) is 25.3. The van der Waals surface area contributed by atoms with E-state index in [1.165, 1.54) is 14.2 Å². The van der Waals surface area contributed by atoms with Gasteiger partial charge in [-0.3, -0.25) is 9.48 Å². The van der Waals surface area contributed by atoms with E-state index in [4.69, 9.17) is 9.47 Å². The lowest BCUT2D eigenvalue weighted by atomic mass is 10.1. The molecule has 0 aliphatic rings. The Morgan fingerprint density at radius 2 is 1.83 bits per heavy atom. The van der Waals surface area contributed by atoms with Crippen LogP contribution >= 0.6 is 0 Å². The number of hydrogen-bond acceptors (Lipinski definition) is 11. The van der Waals surface area contributed by atoms with E-state index in [1.807, 2.05) is 18.2 Å². The van der Waals surface area contributed by atoms with Crippen molar-refractivity contribution in [2.75, 3.05) is 31.9 Å². The van der Waals surface area contributed by atoms with Crippen LogP contribution in [0, 0.1) is 6.92 Å². The predicted molar refractivity (Wildman–Crippen MR) is 128 cm³/mol. The number of methoxy groups -OCH3 is 2. The molecule has 1 amide bonds. The summed E-state index contributed by atoms with van der Waals surface area (Å²) in [6.45, 7) is 1.75. The first-order chi connectivity index (χ1) is 16.9. The van der Waals surface area contributed by atoms with Crippen LogP contribution in [0.25, 0.3) is 11.4 Å². The molecular weight excluding hydrogens is 452 g/mol. The zero-order chi connectivity index (χ0) is 24.9. The van der Waals surface area contributed by atoms with Crippen molar-refractivity contribution in [3.05, 3.63) is 48.2 Å². The Morgan fingerprint density at radius 3 is 2.51 bits per heavy atom. The van der Waals surface area contributed by atoms with Crippen LogP contribution in [-0.2, 0) is 7.05 Å². The maximum Gasteiger partial charge on any atom is 0.273 e. The van der Waals surface area contributed by atoms with E-state index >= 15 is 0 Å². The van der Waals surface area contributed by atoms with Gasteiger partial charge in [-0.2, -0.15) is 10.1 Å². The highest BCUT2D eigenvalue weighted by Crippen LogP contribution is 2.37. The Balaban J connectivity index is 1.73. The van der Waals surface area contributed by atoms with Crippen LogP contribution in [-0.4, -0.2) is 62.1 Å². The fourth-order valence-corrected chi connectivity index (χ4v) is 3.31. The molecule has 0 aliphatic carbocycles. The van der Waals surface area contributed by atoms with E-state index in [0.717, 1.165) is 0 Å². The van der Waals surface area contributed by atoms with E-state index in [-0.39, 0.29) is 5.69 Å². The number of benzene rings is 1. The minimum absolute atomic E-state index is 0.0953. The number of carbonyl (C=O) groups is 1. The molecule has 0 saturated heterocycles. The fraction of sp³-hybridized carbons (Fsp3) is 0.227. The molecular formula is C22H24N10O3. The molecule has 1 aromatic carbocycles. The number of nitrogens with one attached hydrogen (secondary N) is 3. The first-order valence-corrected chi connectivity index (χ1v) is 10.5. The molecule has 0 saturated carbocycles. The monoisotopic (exact) mass is 476 g/mol. The maximum absolute atomic E-state index is 12.5. The van der Waals surface area contributed by atoms with Gasteiger partial charge in [-0.05, 0) is 19.1 Å². The van der Waals surface area contributed by atoms with Crippen molar-refractivity contribution in [3.8, 4) is 23.0 Å². The molecule has 180 valence electrons. The average molecular weight is 477 g/mol. The summed E-state index contributed by atoms with van der Waals surface area (Å²) in [6.07, 6.45) is 1.60. The number of para-hydroxylation sites is 1. The summed E-state index contributed by atoms with van der Waals surface area (Å²) < 4.78 is 12.5. The number of aryl methyl sites for hydroxylation is 2. The molecule has 3 heterocycles. The molecule has 13 heteroatoms. The van der Waals surface area contributed by atoms with Crippen LogP contribution in [0.2, 0.25) is 0 Å². The zero-order valence-electron chi connectivity index (χ0n) is 19.8. The summed E-state index contributed by atoms with van der Waals surface area (Å²) >= 11 is 0. The summed E-state index contributed by atoms with van der Waals surface area (Å²) in [6, 6.07) is 8.76. The number of amides is 1. The molecule has 0 aliphatic heterocycles. The lowest BCUT2D eigenvalue weighted by Crippen LogP contribution is -2.21. The van der Waals surface area contributed by atoms with Crippen LogP contribution in [0.4, 0.5) is 23.0 Å². The van der Waals surface area contributed by atoms with Crippen LogP contribution in [0.5, 0.6) is 11.6 Å².